The van der Waals surface area contributed by atoms with E-state index in [4.69, 9.17) is 0 Å². The van der Waals surface area contributed by atoms with Crippen LogP contribution in [0.2, 0.25) is 0 Å². The van der Waals surface area contributed by atoms with Gasteiger partial charge in [0, 0.05) is 19.2 Å². The summed E-state index contributed by atoms with van der Waals surface area (Å²) in [6, 6.07) is 0. The smallest absolute Gasteiger partial charge is 0.272 e. The molecule has 0 aromatic heterocycles. The van der Waals surface area contributed by atoms with E-state index in [1.54, 1.807) is 18.0 Å². The summed E-state index contributed by atoms with van der Waals surface area (Å²) in [5, 5.41) is 0. The summed E-state index contributed by atoms with van der Waals surface area (Å²) in [6.45, 7) is 7.50. The molecule has 0 radical (unpaired) electrons. The number of carbonyl (C=O) groups excluding carboxylic acids is 1. The third-order valence-electron chi connectivity index (χ3n) is 1.67. The van der Waals surface area contributed by atoms with E-state index in [9.17, 15) is 4.79 Å². The standard InChI is InChI=1S/C8H10N2O/c1-4-6-5-10(3)8(11)7(6)9-2/h4H,1-2,5H2,3H3. The maximum absolute atomic E-state index is 11.2. The molecule has 1 heterocycles. The lowest BCUT2D eigenvalue weighted by molar-refractivity contribution is -0.124. The highest BCUT2D eigenvalue weighted by Crippen LogP contribution is 2.18. The molecule has 0 bridgehead atoms. The molecule has 0 saturated heterocycles. The van der Waals surface area contributed by atoms with Gasteiger partial charge in [-0.2, -0.15) is 0 Å². The first-order valence-electron chi connectivity index (χ1n) is 3.28. The first-order chi connectivity index (χ1) is 5.20. The first-order valence-corrected chi connectivity index (χ1v) is 3.28. The highest BCUT2D eigenvalue weighted by atomic mass is 16.2. The van der Waals surface area contributed by atoms with Crippen LogP contribution in [0.5, 0.6) is 0 Å². The number of rotatable bonds is 2. The van der Waals surface area contributed by atoms with Crippen LogP contribution in [0.15, 0.2) is 28.9 Å². The van der Waals surface area contributed by atoms with Crippen molar-refractivity contribution in [1.82, 2.24) is 4.90 Å². The molecule has 1 amide bonds. The third-order valence-corrected chi connectivity index (χ3v) is 1.67. The number of hydrogen-bond acceptors (Lipinski definition) is 2. The Bertz CT molecular complexity index is 253. The Hall–Kier alpha value is -1.38. The van der Waals surface area contributed by atoms with Crippen LogP contribution < -0.4 is 0 Å². The van der Waals surface area contributed by atoms with Crippen LogP contribution in [0.1, 0.15) is 0 Å². The zero-order valence-electron chi connectivity index (χ0n) is 6.50. The molecule has 0 fully saturated rings. The molecule has 0 aromatic carbocycles. The number of carbonyl (C=O) groups is 1. The number of amides is 1. The average Bonchev–Trinajstić information content (AvgIpc) is 2.28. The fraction of sp³-hybridized carbons (Fsp3) is 0.250. The Labute approximate surface area is 65.7 Å². The highest BCUT2D eigenvalue weighted by Gasteiger charge is 2.24. The molecule has 0 saturated carbocycles. The predicted octanol–water partition coefficient (Wildman–Crippen LogP) is 0.599. The Balaban J connectivity index is 3.04. The van der Waals surface area contributed by atoms with Gasteiger partial charge < -0.3 is 4.90 Å². The second-order valence-corrected chi connectivity index (χ2v) is 2.40. The zero-order valence-corrected chi connectivity index (χ0v) is 6.50. The van der Waals surface area contributed by atoms with E-state index in [2.05, 4.69) is 18.3 Å². The van der Waals surface area contributed by atoms with Gasteiger partial charge in [-0.15, -0.1) is 0 Å². The Morgan fingerprint density at radius 1 is 1.73 bits per heavy atom. The van der Waals surface area contributed by atoms with Gasteiger partial charge in [0.1, 0.15) is 5.70 Å². The molecular formula is C8H10N2O. The molecular weight excluding hydrogens is 140 g/mol. The molecule has 11 heavy (non-hydrogen) atoms. The molecule has 58 valence electrons. The quantitative estimate of drug-likeness (QED) is 0.530. The summed E-state index contributed by atoms with van der Waals surface area (Å²) in [6.07, 6.45) is 1.64. The van der Waals surface area contributed by atoms with Gasteiger partial charge in [-0.05, 0) is 6.72 Å². The molecule has 0 aliphatic carbocycles. The minimum atomic E-state index is -0.0742. The second kappa shape index (κ2) is 2.70. The van der Waals surface area contributed by atoms with E-state index in [-0.39, 0.29) is 5.91 Å². The Morgan fingerprint density at radius 3 is 2.73 bits per heavy atom. The summed E-state index contributed by atoms with van der Waals surface area (Å²) in [5.74, 6) is -0.0742. The molecule has 3 heteroatoms. The molecule has 1 aliphatic rings. The van der Waals surface area contributed by atoms with Crippen LogP contribution in [0.3, 0.4) is 0 Å². The van der Waals surface area contributed by atoms with E-state index in [1.807, 2.05) is 0 Å². The van der Waals surface area contributed by atoms with Crippen molar-refractivity contribution in [3.05, 3.63) is 23.9 Å². The normalized spacial score (nSPS) is 17.5. The summed E-state index contributed by atoms with van der Waals surface area (Å²) in [7, 11) is 1.73. The van der Waals surface area contributed by atoms with Crippen molar-refractivity contribution in [2.45, 2.75) is 0 Å². The molecule has 1 rings (SSSR count). The molecule has 3 nitrogen and oxygen atoms in total. The van der Waals surface area contributed by atoms with Gasteiger partial charge in [0.2, 0.25) is 0 Å². The summed E-state index contributed by atoms with van der Waals surface area (Å²) in [4.78, 5) is 16.4. The van der Waals surface area contributed by atoms with E-state index >= 15 is 0 Å². The molecule has 0 unspecified atom stereocenters. The van der Waals surface area contributed by atoms with Crippen molar-refractivity contribution in [1.29, 1.82) is 0 Å². The maximum atomic E-state index is 11.2. The molecule has 0 aromatic rings. The fourth-order valence-corrected chi connectivity index (χ4v) is 1.05. The van der Waals surface area contributed by atoms with Gasteiger partial charge in [0.25, 0.3) is 5.91 Å². The third kappa shape index (κ3) is 1.09. The van der Waals surface area contributed by atoms with E-state index in [0.29, 0.717) is 12.2 Å². The molecule has 0 N–H and O–H groups in total. The topological polar surface area (TPSA) is 32.7 Å². The lowest BCUT2D eigenvalue weighted by atomic mass is 10.2. The minimum Gasteiger partial charge on any atom is -0.336 e. The largest absolute Gasteiger partial charge is 0.336 e. The SMILES string of the molecule is C=CC1=C(N=C)C(=O)N(C)C1. The van der Waals surface area contributed by atoms with Crippen molar-refractivity contribution < 1.29 is 4.79 Å². The van der Waals surface area contributed by atoms with E-state index in [0.717, 1.165) is 5.57 Å². The van der Waals surface area contributed by atoms with E-state index < -0.39 is 0 Å². The summed E-state index contributed by atoms with van der Waals surface area (Å²) in [5.41, 5.74) is 1.29. The second-order valence-electron chi connectivity index (χ2n) is 2.40. The number of nitrogens with zero attached hydrogens (tertiary/aromatic N) is 2. The molecule has 1 aliphatic heterocycles. The van der Waals surface area contributed by atoms with Crippen LogP contribution in [0, 0.1) is 0 Å². The average molecular weight is 150 g/mol. The summed E-state index contributed by atoms with van der Waals surface area (Å²) >= 11 is 0. The van der Waals surface area contributed by atoms with Crippen LogP contribution in [0.25, 0.3) is 0 Å². The highest BCUT2D eigenvalue weighted by molar-refractivity contribution is 5.97. The first kappa shape index (κ1) is 7.72. The molecule has 0 spiro atoms. The van der Waals surface area contributed by atoms with Gasteiger partial charge >= 0.3 is 0 Å². The predicted molar refractivity (Wildman–Crippen MR) is 44.4 cm³/mol. The van der Waals surface area contributed by atoms with Gasteiger partial charge in [0.15, 0.2) is 0 Å². The van der Waals surface area contributed by atoms with Gasteiger partial charge in [0.05, 0.1) is 0 Å². The van der Waals surface area contributed by atoms with Crippen molar-refractivity contribution in [2.75, 3.05) is 13.6 Å². The Kier molecular flexibility index (Phi) is 1.89. The van der Waals surface area contributed by atoms with Crippen LogP contribution >= 0.6 is 0 Å². The minimum absolute atomic E-state index is 0.0742. The van der Waals surface area contributed by atoms with Gasteiger partial charge in [-0.3, -0.25) is 9.79 Å². The summed E-state index contributed by atoms with van der Waals surface area (Å²) < 4.78 is 0. The number of hydrogen-bond donors (Lipinski definition) is 0. The van der Waals surface area contributed by atoms with Crippen LogP contribution in [-0.2, 0) is 4.79 Å². The Morgan fingerprint density at radius 2 is 2.36 bits per heavy atom. The fourth-order valence-electron chi connectivity index (χ4n) is 1.05. The van der Waals surface area contributed by atoms with Gasteiger partial charge in [-0.25, -0.2) is 0 Å². The zero-order chi connectivity index (χ0) is 8.43. The van der Waals surface area contributed by atoms with Gasteiger partial charge in [-0.1, -0.05) is 12.7 Å². The lowest BCUT2D eigenvalue weighted by Crippen LogP contribution is -2.21. The monoisotopic (exact) mass is 150 g/mol. The van der Waals surface area contributed by atoms with Crippen molar-refractivity contribution in [2.24, 2.45) is 4.99 Å². The van der Waals surface area contributed by atoms with E-state index in [1.165, 1.54) is 0 Å². The van der Waals surface area contributed by atoms with Crippen molar-refractivity contribution in [3.63, 3.8) is 0 Å². The molecule has 0 atom stereocenters. The maximum Gasteiger partial charge on any atom is 0.272 e. The lowest BCUT2D eigenvalue weighted by Gasteiger charge is -2.05. The van der Waals surface area contributed by atoms with Crippen molar-refractivity contribution >= 4 is 12.6 Å². The van der Waals surface area contributed by atoms with Crippen LogP contribution in [-0.4, -0.2) is 31.1 Å². The number of aliphatic imine (C=N–C) groups is 1. The van der Waals surface area contributed by atoms with Crippen LogP contribution in [0.4, 0.5) is 0 Å². The number of likely N-dealkylation sites (N-methyl/N-ethyl adjacent to an activating group) is 1. The van der Waals surface area contributed by atoms with Crippen molar-refractivity contribution in [3.8, 4) is 0 Å².